The molecular formula is C9H18ClNO. The van der Waals surface area contributed by atoms with E-state index in [1.165, 1.54) is 0 Å². The molecule has 2 unspecified atom stereocenters. The van der Waals surface area contributed by atoms with Crippen molar-refractivity contribution in [3.05, 3.63) is 0 Å². The Hall–Kier alpha value is -0.240. The van der Waals surface area contributed by atoms with Gasteiger partial charge in [0.1, 0.15) is 5.38 Å². The summed E-state index contributed by atoms with van der Waals surface area (Å²) in [5, 5.41) is 2.40. The van der Waals surface area contributed by atoms with Crippen molar-refractivity contribution in [2.24, 2.45) is 5.92 Å². The first-order valence-corrected chi connectivity index (χ1v) is 4.98. The third kappa shape index (κ3) is 3.96. The molecule has 0 rings (SSSR count). The maximum Gasteiger partial charge on any atom is 0.238 e. The lowest BCUT2D eigenvalue weighted by Gasteiger charge is -2.15. The summed E-state index contributed by atoms with van der Waals surface area (Å²) >= 11 is 5.91. The van der Waals surface area contributed by atoms with E-state index in [-0.39, 0.29) is 17.2 Å². The Morgan fingerprint density at radius 2 is 2.08 bits per heavy atom. The number of nitrogens with one attached hydrogen (secondary N) is 1. The zero-order chi connectivity index (χ0) is 9.56. The molecule has 3 heteroatoms. The summed E-state index contributed by atoms with van der Waals surface area (Å²) in [7, 11) is 0. The molecule has 0 aliphatic rings. The van der Waals surface area contributed by atoms with E-state index in [9.17, 15) is 4.79 Å². The molecule has 1 amide bonds. The maximum absolute atomic E-state index is 11.3. The van der Waals surface area contributed by atoms with Crippen LogP contribution in [0.25, 0.3) is 0 Å². The second-order valence-electron chi connectivity index (χ2n) is 3.08. The Morgan fingerprint density at radius 3 is 2.50 bits per heavy atom. The van der Waals surface area contributed by atoms with Crippen molar-refractivity contribution in [3.63, 3.8) is 0 Å². The van der Waals surface area contributed by atoms with Gasteiger partial charge in [-0.2, -0.15) is 0 Å². The largest absolute Gasteiger partial charge is 0.355 e. The minimum atomic E-state index is -0.374. The van der Waals surface area contributed by atoms with Gasteiger partial charge in [0.15, 0.2) is 0 Å². The topological polar surface area (TPSA) is 29.1 Å². The lowest BCUT2D eigenvalue weighted by atomic mass is 10.0. The maximum atomic E-state index is 11.3. The Kier molecular flexibility index (Phi) is 6.17. The standard InChI is InChI=1S/C9H18ClNO/c1-4-6-11-9(12)8(10)7(3)5-2/h7-8H,4-6H2,1-3H3,(H,11,12). The molecule has 0 aliphatic heterocycles. The fourth-order valence-electron chi connectivity index (χ4n) is 0.811. The molecule has 0 radical (unpaired) electrons. The molecule has 0 fully saturated rings. The lowest BCUT2D eigenvalue weighted by Crippen LogP contribution is -2.35. The van der Waals surface area contributed by atoms with Gasteiger partial charge in [0.25, 0.3) is 0 Å². The second kappa shape index (κ2) is 6.30. The SMILES string of the molecule is CCCNC(=O)C(Cl)C(C)CC. The van der Waals surface area contributed by atoms with Gasteiger partial charge in [-0.3, -0.25) is 4.79 Å². The minimum Gasteiger partial charge on any atom is -0.355 e. The van der Waals surface area contributed by atoms with Gasteiger partial charge in [-0.15, -0.1) is 11.6 Å². The van der Waals surface area contributed by atoms with Crippen molar-refractivity contribution in [1.29, 1.82) is 0 Å². The van der Waals surface area contributed by atoms with Crippen LogP contribution in [-0.2, 0) is 4.79 Å². The van der Waals surface area contributed by atoms with Gasteiger partial charge in [0, 0.05) is 6.54 Å². The van der Waals surface area contributed by atoms with Crippen molar-refractivity contribution in [3.8, 4) is 0 Å². The number of carbonyl (C=O) groups is 1. The molecule has 0 spiro atoms. The van der Waals surface area contributed by atoms with E-state index in [1.807, 2.05) is 20.8 Å². The summed E-state index contributed by atoms with van der Waals surface area (Å²) in [5.74, 6) is 0.219. The molecular weight excluding hydrogens is 174 g/mol. The molecule has 1 N–H and O–H groups in total. The highest BCUT2D eigenvalue weighted by molar-refractivity contribution is 6.30. The van der Waals surface area contributed by atoms with E-state index >= 15 is 0 Å². The molecule has 0 aliphatic carbocycles. The van der Waals surface area contributed by atoms with Crippen LogP contribution >= 0.6 is 11.6 Å². The third-order valence-electron chi connectivity index (χ3n) is 1.94. The zero-order valence-electron chi connectivity index (χ0n) is 8.06. The number of alkyl halides is 1. The van der Waals surface area contributed by atoms with Crippen LogP contribution in [0.5, 0.6) is 0 Å². The average Bonchev–Trinajstić information content (AvgIpc) is 2.11. The Morgan fingerprint density at radius 1 is 1.50 bits per heavy atom. The van der Waals surface area contributed by atoms with Gasteiger partial charge in [0.05, 0.1) is 0 Å². The molecule has 0 heterocycles. The van der Waals surface area contributed by atoms with Crippen molar-refractivity contribution in [2.45, 2.75) is 39.0 Å². The Labute approximate surface area is 79.7 Å². The highest BCUT2D eigenvalue weighted by Gasteiger charge is 2.20. The van der Waals surface area contributed by atoms with Gasteiger partial charge in [0.2, 0.25) is 5.91 Å². The van der Waals surface area contributed by atoms with Crippen molar-refractivity contribution < 1.29 is 4.79 Å². The van der Waals surface area contributed by atoms with Crippen LogP contribution < -0.4 is 5.32 Å². The molecule has 2 atom stereocenters. The van der Waals surface area contributed by atoms with Crippen LogP contribution in [0.3, 0.4) is 0 Å². The molecule has 0 bridgehead atoms. The van der Waals surface area contributed by atoms with E-state index < -0.39 is 0 Å². The molecule has 0 aromatic carbocycles. The number of halogens is 1. The van der Waals surface area contributed by atoms with Crippen molar-refractivity contribution >= 4 is 17.5 Å². The summed E-state index contributed by atoms with van der Waals surface area (Å²) in [6.45, 7) is 6.77. The molecule has 12 heavy (non-hydrogen) atoms. The normalized spacial score (nSPS) is 15.3. The van der Waals surface area contributed by atoms with Crippen LogP contribution in [0.4, 0.5) is 0 Å². The van der Waals surface area contributed by atoms with E-state index in [1.54, 1.807) is 0 Å². The van der Waals surface area contributed by atoms with Gasteiger partial charge < -0.3 is 5.32 Å². The van der Waals surface area contributed by atoms with Gasteiger partial charge in [-0.25, -0.2) is 0 Å². The number of hydrogen-bond acceptors (Lipinski definition) is 1. The summed E-state index contributed by atoms with van der Waals surface area (Å²) in [6.07, 6.45) is 1.89. The lowest BCUT2D eigenvalue weighted by molar-refractivity contribution is -0.121. The highest BCUT2D eigenvalue weighted by Crippen LogP contribution is 2.13. The third-order valence-corrected chi connectivity index (χ3v) is 2.57. The van der Waals surface area contributed by atoms with Gasteiger partial charge in [-0.1, -0.05) is 27.2 Å². The fraction of sp³-hybridized carbons (Fsp3) is 0.889. The molecule has 0 aromatic rings. The monoisotopic (exact) mass is 191 g/mol. The molecule has 2 nitrogen and oxygen atoms in total. The quantitative estimate of drug-likeness (QED) is 0.664. The van der Waals surface area contributed by atoms with Gasteiger partial charge in [-0.05, 0) is 12.3 Å². The van der Waals surface area contributed by atoms with E-state index in [0.717, 1.165) is 19.4 Å². The molecule has 0 aromatic heterocycles. The Bertz CT molecular complexity index is 138. The predicted octanol–water partition coefficient (Wildman–Crippen LogP) is 2.17. The van der Waals surface area contributed by atoms with E-state index in [4.69, 9.17) is 11.6 Å². The van der Waals surface area contributed by atoms with Crippen molar-refractivity contribution in [1.82, 2.24) is 5.32 Å². The summed E-state index contributed by atoms with van der Waals surface area (Å²) in [4.78, 5) is 11.3. The number of rotatable bonds is 5. The minimum absolute atomic E-state index is 0.0344. The van der Waals surface area contributed by atoms with E-state index in [0.29, 0.717) is 0 Å². The second-order valence-corrected chi connectivity index (χ2v) is 3.55. The number of hydrogen-bond donors (Lipinski definition) is 1. The van der Waals surface area contributed by atoms with Crippen LogP contribution in [0.1, 0.15) is 33.6 Å². The summed E-state index contributed by atoms with van der Waals surface area (Å²) < 4.78 is 0. The van der Waals surface area contributed by atoms with E-state index in [2.05, 4.69) is 5.32 Å². The summed E-state index contributed by atoms with van der Waals surface area (Å²) in [5.41, 5.74) is 0. The molecule has 0 saturated carbocycles. The smallest absolute Gasteiger partial charge is 0.238 e. The van der Waals surface area contributed by atoms with Crippen LogP contribution in [-0.4, -0.2) is 17.8 Å². The first kappa shape index (κ1) is 11.8. The highest BCUT2D eigenvalue weighted by atomic mass is 35.5. The fourth-order valence-corrected chi connectivity index (χ4v) is 1.07. The van der Waals surface area contributed by atoms with Crippen LogP contribution in [0.2, 0.25) is 0 Å². The number of carbonyl (C=O) groups excluding carboxylic acids is 1. The van der Waals surface area contributed by atoms with Gasteiger partial charge >= 0.3 is 0 Å². The molecule has 72 valence electrons. The van der Waals surface area contributed by atoms with Crippen molar-refractivity contribution in [2.75, 3.05) is 6.54 Å². The average molecular weight is 192 g/mol. The number of amides is 1. The predicted molar refractivity (Wildman–Crippen MR) is 52.4 cm³/mol. The Balaban J connectivity index is 3.75. The zero-order valence-corrected chi connectivity index (χ0v) is 8.82. The first-order valence-electron chi connectivity index (χ1n) is 4.55. The van der Waals surface area contributed by atoms with Crippen LogP contribution in [0, 0.1) is 5.92 Å². The first-order chi connectivity index (χ1) is 5.63. The summed E-state index contributed by atoms with van der Waals surface area (Å²) in [6, 6.07) is 0. The van der Waals surface area contributed by atoms with Crippen LogP contribution in [0.15, 0.2) is 0 Å². The molecule has 0 saturated heterocycles.